The first kappa shape index (κ1) is 15.9. The Morgan fingerprint density at radius 3 is 2.68 bits per heavy atom. The van der Waals surface area contributed by atoms with E-state index in [1.807, 2.05) is 6.92 Å². The summed E-state index contributed by atoms with van der Waals surface area (Å²) in [5, 5.41) is 16.6. The summed E-state index contributed by atoms with van der Waals surface area (Å²) in [5.74, 6) is -0.432. The molecule has 1 aromatic rings. The summed E-state index contributed by atoms with van der Waals surface area (Å²) in [7, 11) is -3.88. The van der Waals surface area contributed by atoms with Crippen molar-refractivity contribution in [3.8, 4) is 0 Å². The van der Waals surface area contributed by atoms with Crippen LogP contribution in [0.3, 0.4) is 0 Å². The molecule has 0 saturated heterocycles. The van der Waals surface area contributed by atoms with Crippen LogP contribution < -0.4 is 10.5 Å². The summed E-state index contributed by atoms with van der Waals surface area (Å²) in [5.41, 5.74) is 0.240. The minimum Gasteiger partial charge on any atom is -0.396 e. The average molecular weight is 290 g/mol. The smallest absolute Gasteiger partial charge is 0.238 e. The lowest BCUT2D eigenvalue weighted by Crippen LogP contribution is -2.13. The van der Waals surface area contributed by atoms with Gasteiger partial charge in [0.1, 0.15) is 5.82 Å². The van der Waals surface area contributed by atoms with Crippen LogP contribution in [0.1, 0.15) is 19.8 Å². The van der Waals surface area contributed by atoms with Gasteiger partial charge in [0.25, 0.3) is 0 Å². The molecule has 4 N–H and O–H groups in total. The first-order valence-electron chi connectivity index (χ1n) is 6.01. The number of sulfonamides is 1. The zero-order chi connectivity index (χ0) is 14.5. The van der Waals surface area contributed by atoms with E-state index >= 15 is 0 Å². The van der Waals surface area contributed by atoms with Crippen LogP contribution in [0.25, 0.3) is 0 Å². The molecule has 0 spiro atoms. The minimum absolute atomic E-state index is 0.136. The Bertz CT molecular complexity index is 520. The first-order chi connectivity index (χ1) is 8.84. The van der Waals surface area contributed by atoms with E-state index in [9.17, 15) is 12.8 Å². The van der Waals surface area contributed by atoms with Crippen molar-refractivity contribution in [3.05, 3.63) is 24.0 Å². The first-order valence-corrected chi connectivity index (χ1v) is 7.56. The van der Waals surface area contributed by atoms with E-state index in [-0.39, 0.29) is 23.1 Å². The van der Waals surface area contributed by atoms with Crippen LogP contribution in [0.4, 0.5) is 10.1 Å². The van der Waals surface area contributed by atoms with Crippen LogP contribution in [0, 0.1) is 11.7 Å². The molecule has 0 aliphatic heterocycles. The molecule has 0 heterocycles. The standard InChI is InChI=1S/C12H19FN2O3S/c1-9(8-16)3-2-6-15-12-5-4-10(7-11(12)13)19(14,17)18/h4-5,7,9,15-16H,2-3,6,8H2,1H3,(H2,14,17,18). The Morgan fingerprint density at radius 2 is 2.16 bits per heavy atom. The predicted molar refractivity (Wildman–Crippen MR) is 71.7 cm³/mol. The van der Waals surface area contributed by atoms with E-state index in [0.717, 1.165) is 18.9 Å². The van der Waals surface area contributed by atoms with Gasteiger partial charge in [0, 0.05) is 13.2 Å². The number of aliphatic hydroxyl groups excluding tert-OH is 1. The lowest BCUT2D eigenvalue weighted by atomic mass is 10.1. The van der Waals surface area contributed by atoms with E-state index in [1.54, 1.807) is 0 Å². The number of hydrogen-bond acceptors (Lipinski definition) is 4. The Kier molecular flexibility index (Phi) is 5.71. The van der Waals surface area contributed by atoms with Gasteiger partial charge < -0.3 is 10.4 Å². The second-order valence-electron chi connectivity index (χ2n) is 4.54. The van der Waals surface area contributed by atoms with E-state index in [2.05, 4.69) is 5.32 Å². The second kappa shape index (κ2) is 6.83. The number of primary sulfonamides is 1. The molecule has 0 aromatic heterocycles. The lowest BCUT2D eigenvalue weighted by Gasteiger charge is -2.10. The summed E-state index contributed by atoms with van der Waals surface area (Å²) < 4.78 is 35.7. The van der Waals surface area contributed by atoms with E-state index in [0.29, 0.717) is 6.54 Å². The molecule has 0 amide bonds. The van der Waals surface area contributed by atoms with Gasteiger partial charge in [-0.05, 0) is 37.0 Å². The fraction of sp³-hybridized carbons (Fsp3) is 0.500. The fourth-order valence-electron chi connectivity index (χ4n) is 1.58. The largest absolute Gasteiger partial charge is 0.396 e. The zero-order valence-electron chi connectivity index (χ0n) is 10.8. The molecule has 1 unspecified atom stereocenters. The van der Waals surface area contributed by atoms with Crippen LogP contribution in [0.15, 0.2) is 23.1 Å². The quantitative estimate of drug-likeness (QED) is 0.660. The predicted octanol–water partition coefficient (Wildman–Crippen LogP) is 1.29. The van der Waals surface area contributed by atoms with Crippen molar-refractivity contribution in [1.29, 1.82) is 0 Å². The molecule has 1 aromatic carbocycles. The highest BCUT2D eigenvalue weighted by Gasteiger charge is 2.11. The van der Waals surface area contributed by atoms with Crippen molar-refractivity contribution in [3.63, 3.8) is 0 Å². The summed E-state index contributed by atoms with van der Waals surface area (Å²) in [4.78, 5) is -0.246. The number of nitrogens with two attached hydrogens (primary N) is 1. The molecule has 5 nitrogen and oxygen atoms in total. The van der Waals surface area contributed by atoms with Crippen molar-refractivity contribution in [2.75, 3.05) is 18.5 Å². The van der Waals surface area contributed by atoms with Crippen LogP contribution in [-0.4, -0.2) is 26.7 Å². The van der Waals surface area contributed by atoms with Gasteiger partial charge in [-0.1, -0.05) is 6.92 Å². The second-order valence-corrected chi connectivity index (χ2v) is 6.10. The number of nitrogens with one attached hydrogen (secondary N) is 1. The maximum atomic E-state index is 13.6. The maximum Gasteiger partial charge on any atom is 0.238 e. The zero-order valence-corrected chi connectivity index (χ0v) is 11.6. The van der Waals surface area contributed by atoms with Gasteiger partial charge in [-0.15, -0.1) is 0 Å². The molecule has 1 atom stereocenters. The Labute approximate surface area is 112 Å². The normalized spacial score (nSPS) is 13.3. The molecule has 0 aliphatic rings. The topological polar surface area (TPSA) is 92.4 Å². The third-order valence-corrected chi connectivity index (χ3v) is 3.68. The Hall–Kier alpha value is -1.18. The van der Waals surface area contributed by atoms with Crippen molar-refractivity contribution in [2.24, 2.45) is 11.1 Å². The van der Waals surface area contributed by atoms with Crippen molar-refractivity contribution >= 4 is 15.7 Å². The highest BCUT2D eigenvalue weighted by molar-refractivity contribution is 7.89. The number of rotatable bonds is 7. The third kappa shape index (κ3) is 5.14. The van der Waals surface area contributed by atoms with Crippen molar-refractivity contribution in [1.82, 2.24) is 0 Å². The molecule has 7 heteroatoms. The average Bonchev–Trinajstić information content (AvgIpc) is 2.34. The summed E-state index contributed by atoms with van der Waals surface area (Å²) in [6.45, 7) is 2.62. The van der Waals surface area contributed by atoms with E-state index in [4.69, 9.17) is 10.2 Å². The molecule has 108 valence electrons. The van der Waals surface area contributed by atoms with Gasteiger partial charge in [-0.3, -0.25) is 0 Å². The SMILES string of the molecule is CC(CO)CCCNc1ccc(S(N)(=O)=O)cc1F. The van der Waals surface area contributed by atoms with Gasteiger partial charge in [0.05, 0.1) is 10.6 Å². The lowest BCUT2D eigenvalue weighted by molar-refractivity contribution is 0.229. The van der Waals surface area contributed by atoms with Crippen LogP contribution >= 0.6 is 0 Å². The van der Waals surface area contributed by atoms with Crippen molar-refractivity contribution in [2.45, 2.75) is 24.7 Å². The Morgan fingerprint density at radius 1 is 1.47 bits per heavy atom. The van der Waals surface area contributed by atoms with Gasteiger partial charge >= 0.3 is 0 Å². The molecule has 0 radical (unpaired) electrons. The summed E-state index contributed by atoms with van der Waals surface area (Å²) >= 11 is 0. The van der Waals surface area contributed by atoms with Crippen molar-refractivity contribution < 1.29 is 17.9 Å². The van der Waals surface area contributed by atoms with Gasteiger partial charge in [-0.25, -0.2) is 17.9 Å². The number of aliphatic hydroxyl groups is 1. The highest BCUT2D eigenvalue weighted by atomic mass is 32.2. The minimum atomic E-state index is -3.88. The maximum absolute atomic E-state index is 13.6. The monoisotopic (exact) mass is 290 g/mol. The van der Waals surface area contributed by atoms with E-state index in [1.165, 1.54) is 12.1 Å². The number of halogens is 1. The molecule has 0 aliphatic carbocycles. The van der Waals surface area contributed by atoms with E-state index < -0.39 is 15.8 Å². The molecular weight excluding hydrogens is 271 g/mol. The summed E-state index contributed by atoms with van der Waals surface area (Å²) in [6.07, 6.45) is 1.62. The fourth-order valence-corrected chi connectivity index (χ4v) is 2.11. The Balaban J connectivity index is 2.56. The van der Waals surface area contributed by atoms with Crippen LogP contribution in [0.2, 0.25) is 0 Å². The van der Waals surface area contributed by atoms with Crippen LogP contribution in [-0.2, 0) is 10.0 Å². The molecule has 1 rings (SSSR count). The van der Waals surface area contributed by atoms with Gasteiger partial charge in [0.15, 0.2) is 0 Å². The number of hydrogen-bond donors (Lipinski definition) is 3. The molecule has 0 bridgehead atoms. The third-order valence-electron chi connectivity index (χ3n) is 2.77. The molecule has 0 fully saturated rings. The van der Waals surface area contributed by atoms with Gasteiger partial charge in [-0.2, -0.15) is 0 Å². The number of benzene rings is 1. The van der Waals surface area contributed by atoms with Crippen LogP contribution in [0.5, 0.6) is 0 Å². The molecule has 0 saturated carbocycles. The summed E-state index contributed by atoms with van der Waals surface area (Å²) in [6, 6.07) is 3.51. The number of anilines is 1. The molecular formula is C12H19FN2O3S. The van der Waals surface area contributed by atoms with Gasteiger partial charge in [0.2, 0.25) is 10.0 Å². The highest BCUT2D eigenvalue weighted by Crippen LogP contribution is 2.18. The molecule has 19 heavy (non-hydrogen) atoms.